The summed E-state index contributed by atoms with van der Waals surface area (Å²) in [5.41, 5.74) is 1.38. The minimum Gasteiger partial charge on any atom is -1.00 e. The standard InChI is InChI=1S/C5H5S.BrH.Mg/c1-5-2-3-6-4-5;;/h2,4H,1H3;1H;/q;;+1/p-1. The Labute approximate surface area is 76.5 Å². The molecule has 0 saturated carbocycles. The van der Waals surface area contributed by atoms with E-state index in [1.807, 2.05) is 33.0 Å². The van der Waals surface area contributed by atoms with Gasteiger partial charge in [-0.15, -0.1) is 0 Å². The quantitative estimate of drug-likeness (QED) is 0.420. The molecule has 0 N–H and O–H groups in total. The van der Waals surface area contributed by atoms with Crippen molar-refractivity contribution in [2.24, 2.45) is 0 Å². The van der Waals surface area contributed by atoms with E-state index in [2.05, 4.69) is 18.4 Å². The molecule has 0 radical (unpaired) electrons. The summed E-state index contributed by atoms with van der Waals surface area (Å²) in [5.74, 6) is 0. The largest absolute Gasteiger partial charge is 1.00 e. The summed E-state index contributed by atoms with van der Waals surface area (Å²) in [5, 5.41) is 2.17. The Morgan fingerprint density at radius 3 is 2.38 bits per heavy atom. The first-order chi connectivity index (χ1) is 3.29. The van der Waals surface area contributed by atoms with Crippen molar-refractivity contribution in [2.75, 3.05) is 0 Å². The second kappa shape index (κ2) is 3.88. The number of halogens is 1. The van der Waals surface area contributed by atoms with Gasteiger partial charge in [-0.25, -0.2) is 0 Å². The van der Waals surface area contributed by atoms with Crippen molar-refractivity contribution < 1.29 is 17.0 Å². The minimum atomic E-state index is 0. The molecule has 0 amide bonds. The first-order valence-corrected chi connectivity index (χ1v) is 3.75. The summed E-state index contributed by atoms with van der Waals surface area (Å²) in [7, 11) is 0. The fourth-order valence-electron chi connectivity index (χ4n) is 0.491. The Kier molecular flexibility index (Phi) is 4.33. The van der Waals surface area contributed by atoms with Crippen molar-refractivity contribution in [2.45, 2.75) is 6.92 Å². The van der Waals surface area contributed by atoms with Crippen molar-refractivity contribution in [1.29, 1.82) is 0 Å². The van der Waals surface area contributed by atoms with Gasteiger partial charge in [0, 0.05) is 0 Å². The summed E-state index contributed by atoms with van der Waals surface area (Å²) in [6.45, 7) is 2.12. The molecule has 0 aromatic carbocycles. The van der Waals surface area contributed by atoms with Crippen LogP contribution in [-0.2, 0) is 0 Å². The van der Waals surface area contributed by atoms with Crippen LogP contribution in [0.2, 0.25) is 0 Å². The van der Waals surface area contributed by atoms with Crippen LogP contribution in [0.1, 0.15) is 5.56 Å². The van der Waals surface area contributed by atoms with E-state index in [0.29, 0.717) is 0 Å². The molecule has 0 bridgehead atoms. The van der Waals surface area contributed by atoms with Crippen molar-refractivity contribution in [3.05, 3.63) is 17.0 Å². The van der Waals surface area contributed by atoms with Crippen LogP contribution in [0.15, 0.2) is 11.4 Å². The van der Waals surface area contributed by atoms with Crippen LogP contribution >= 0.6 is 11.3 Å². The zero-order valence-corrected chi connectivity index (χ0v) is 8.46. The van der Waals surface area contributed by atoms with Crippen LogP contribution in [-0.4, -0.2) is 21.7 Å². The van der Waals surface area contributed by atoms with Crippen LogP contribution < -0.4 is 20.0 Å². The third-order valence-electron chi connectivity index (χ3n) is 0.785. The van der Waals surface area contributed by atoms with E-state index in [0.717, 1.165) is 0 Å². The monoisotopic (exact) mass is 200 g/mol. The van der Waals surface area contributed by atoms with Gasteiger partial charge in [-0.2, -0.15) is 0 Å². The third-order valence-corrected chi connectivity index (χ3v) is 2.40. The van der Waals surface area contributed by atoms with Crippen LogP contribution in [0.25, 0.3) is 0 Å². The molecule has 1 aromatic rings. The van der Waals surface area contributed by atoms with E-state index >= 15 is 0 Å². The summed E-state index contributed by atoms with van der Waals surface area (Å²) in [6.07, 6.45) is 0. The summed E-state index contributed by atoms with van der Waals surface area (Å²) >= 11 is 3.76. The Morgan fingerprint density at radius 1 is 1.62 bits per heavy atom. The van der Waals surface area contributed by atoms with E-state index < -0.39 is 0 Å². The number of rotatable bonds is 0. The molecule has 1 rings (SSSR count). The van der Waals surface area contributed by atoms with Gasteiger partial charge in [0.05, 0.1) is 0 Å². The van der Waals surface area contributed by atoms with E-state index in [1.165, 1.54) is 8.57 Å². The smallest absolute Gasteiger partial charge is 1.00 e. The molecule has 1 aromatic heterocycles. The molecule has 0 aliphatic heterocycles. The molecule has 0 atom stereocenters. The van der Waals surface area contributed by atoms with E-state index in [-0.39, 0.29) is 17.0 Å². The van der Waals surface area contributed by atoms with Crippen molar-refractivity contribution in [3.8, 4) is 0 Å². The van der Waals surface area contributed by atoms with Crippen molar-refractivity contribution >= 4 is 36.1 Å². The number of hydrogen-bond acceptors (Lipinski definition) is 1. The average molecular weight is 201 g/mol. The number of aryl methyl sites for hydroxylation is 1. The van der Waals surface area contributed by atoms with E-state index in [9.17, 15) is 0 Å². The Bertz CT molecular complexity index is 145. The van der Waals surface area contributed by atoms with Gasteiger partial charge in [0.25, 0.3) is 0 Å². The summed E-state index contributed by atoms with van der Waals surface area (Å²) in [4.78, 5) is 0. The Morgan fingerprint density at radius 2 is 2.25 bits per heavy atom. The first-order valence-electron chi connectivity index (χ1n) is 2.16. The minimum absolute atomic E-state index is 0. The molecular formula is C5H5BrMgS. The van der Waals surface area contributed by atoms with Crippen molar-refractivity contribution in [3.63, 3.8) is 0 Å². The zero-order valence-electron chi connectivity index (χ0n) is 4.65. The molecule has 0 spiro atoms. The van der Waals surface area contributed by atoms with Crippen molar-refractivity contribution in [1.82, 2.24) is 0 Å². The first kappa shape index (κ1) is 8.95. The van der Waals surface area contributed by atoms with E-state index in [1.54, 1.807) is 0 Å². The summed E-state index contributed by atoms with van der Waals surface area (Å²) < 4.78 is 1.43. The fourth-order valence-corrected chi connectivity index (χ4v) is 1.72. The molecule has 0 fully saturated rings. The van der Waals surface area contributed by atoms with Gasteiger partial charge in [0.15, 0.2) is 0 Å². The van der Waals surface area contributed by atoms with Crippen LogP contribution in [0.4, 0.5) is 0 Å². The van der Waals surface area contributed by atoms with Gasteiger partial charge in [-0.05, 0) is 0 Å². The molecule has 1 heterocycles. The second-order valence-electron chi connectivity index (χ2n) is 1.59. The van der Waals surface area contributed by atoms with Crippen LogP contribution in [0.3, 0.4) is 0 Å². The molecule has 40 valence electrons. The predicted molar refractivity (Wildman–Crippen MR) is 34.4 cm³/mol. The second-order valence-corrected chi connectivity index (χ2v) is 3.86. The summed E-state index contributed by atoms with van der Waals surface area (Å²) in [6, 6.07) is 2.20. The van der Waals surface area contributed by atoms with Crippen LogP contribution in [0, 0.1) is 6.92 Å². The van der Waals surface area contributed by atoms with Gasteiger partial charge in [0.2, 0.25) is 0 Å². The predicted octanol–water partition coefficient (Wildman–Crippen LogP) is -2.15. The number of thiophene rings is 1. The Balaban J connectivity index is 0.000000490. The van der Waals surface area contributed by atoms with Gasteiger partial charge in [-0.3, -0.25) is 0 Å². The molecule has 8 heavy (non-hydrogen) atoms. The average Bonchev–Trinajstić information content (AvgIpc) is 1.87. The molecule has 0 saturated heterocycles. The number of hydrogen-bond donors (Lipinski definition) is 0. The topological polar surface area (TPSA) is 0 Å². The maximum atomic E-state index is 2.20. The molecule has 0 aliphatic rings. The normalized spacial score (nSPS) is 8.38. The molecule has 3 heteroatoms. The fraction of sp³-hybridized carbons (Fsp3) is 0.200. The van der Waals surface area contributed by atoms with Gasteiger partial charge in [-0.1, -0.05) is 0 Å². The zero-order chi connectivity index (χ0) is 5.28. The SMILES string of the molecule is Cc1cs[c]([Mg+])c1.[Br-]. The molecule has 0 nitrogen and oxygen atoms in total. The maximum absolute atomic E-state index is 2.20. The van der Waals surface area contributed by atoms with Crippen LogP contribution in [0.5, 0.6) is 0 Å². The third kappa shape index (κ3) is 2.48. The van der Waals surface area contributed by atoms with Gasteiger partial charge < -0.3 is 17.0 Å². The van der Waals surface area contributed by atoms with Gasteiger partial charge in [0.1, 0.15) is 0 Å². The Hall–Kier alpha value is 0.946. The molecule has 0 aliphatic carbocycles. The van der Waals surface area contributed by atoms with E-state index in [4.69, 9.17) is 0 Å². The van der Waals surface area contributed by atoms with Gasteiger partial charge >= 0.3 is 60.0 Å². The molecular weight excluding hydrogens is 196 g/mol. The molecule has 0 unspecified atom stereocenters. The maximum Gasteiger partial charge on any atom is -1.00 e.